The van der Waals surface area contributed by atoms with Crippen molar-refractivity contribution in [3.8, 4) is 0 Å². The molecule has 108 valence electrons. The predicted molar refractivity (Wildman–Crippen MR) is 70.7 cm³/mol. The van der Waals surface area contributed by atoms with Gasteiger partial charge in [-0.15, -0.1) is 0 Å². The molecule has 1 N–H and O–H groups in total. The van der Waals surface area contributed by atoms with Crippen molar-refractivity contribution in [3.05, 3.63) is 39.4 Å². The van der Waals surface area contributed by atoms with Gasteiger partial charge < -0.3 is 9.84 Å². The molecule has 1 saturated heterocycles. The lowest BCUT2D eigenvalue weighted by atomic mass is 10.0. The quantitative estimate of drug-likeness (QED) is 0.664. The van der Waals surface area contributed by atoms with Gasteiger partial charge in [-0.2, -0.15) is 0 Å². The van der Waals surface area contributed by atoms with Crippen LogP contribution in [0, 0.1) is 10.1 Å². The molecule has 7 heteroatoms. The van der Waals surface area contributed by atoms with Crippen molar-refractivity contribution in [2.75, 3.05) is 19.7 Å². The van der Waals surface area contributed by atoms with Gasteiger partial charge in [-0.3, -0.25) is 15.0 Å². The maximum absolute atomic E-state index is 11.3. The number of carbonyl (C=O) groups is 1. The molecule has 1 aliphatic rings. The van der Waals surface area contributed by atoms with Crippen LogP contribution in [0.2, 0.25) is 0 Å². The second kappa shape index (κ2) is 5.98. The van der Waals surface area contributed by atoms with Gasteiger partial charge in [-0.1, -0.05) is 12.1 Å². The lowest BCUT2D eigenvalue weighted by Gasteiger charge is -2.31. The number of carboxylic acid groups (broad SMARTS) is 1. The summed E-state index contributed by atoms with van der Waals surface area (Å²) in [5.41, 5.74) is -0.131. The highest BCUT2D eigenvalue weighted by Crippen LogP contribution is 2.24. The third kappa shape index (κ3) is 3.12. The molecule has 20 heavy (non-hydrogen) atoms. The van der Waals surface area contributed by atoms with E-state index in [1.807, 2.05) is 11.8 Å². The molecule has 0 spiro atoms. The van der Waals surface area contributed by atoms with Crippen molar-refractivity contribution in [2.45, 2.75) is 19.6 Å². The highest BCUT2D eigenvalue weighted by molar-refractivity contribution is 5.94. The molecule has 0 amide bonds. The van der Waals surface area contributed by atoms with Crippen molar-refractivity contribution in [3.63, 3.8) is 0 Å². The Kier molecular flexibility index (Phi) is 4.31. The molecule has 1 aromatic rings. The number of morpholine rings is 1. The van der Waals surface area contributed by atoms with Gasteiger partial charge in [0.2, 0.25) is 0 Å². The van der Waals surface area contributed by atoms with E-state index in [0.717, 1.165) is 0 Å². The molecule has 1 aromatic carbocycles. The summed E-state index contributed by atoms with van der Waals surface area (Å²) in [5, 5.41) is 20.2. The number of rotatable bonds is 4. The molecule has 2 rings (SSSR count). The van der Waals surface area contributed by atoms with E-state index in [1.165, 1.54) is 12.1 Å². The molecule has 0 bridgehead atoms. The fraction of sp³-hybridized carbons (Fsp3) is 0.462. The number of aromatic carboxylic acids is 1. The van der Waals surface area contributed by atoms with E-state index in [0.29, 0.717) is 31.8 Å². The maximum Gasteiger partial charge on any atom is 0.343 e. The molecule has 0 saturated carbocycles. The van der Waals surface area contributed by atoms with E-state index >= 15 is 0 Å². The monoisotopic (exact) mass is 280 g/mol. The summed E-state index contributed by atoms with van der Waals surface area (Å²) in [6.45, 7) is 4.26. The predicted octanol–water partition coefficient (Wildman–Crippen LogP) is 1.51. The lowest BCUT2D eigenvalue weighted by molar-refractivity contribution is -0.385. The minimum absolute atomic E-state index is 0.0794. The Hall–Kier alpha value is -1.99. The number of hydrogen-bond acceptors (Lipinski definition) is 5. The minimum Gasteiger partial charge on any atom is -0.477 e. The Balaban J connectivity index is 2.29. The first-order valence-electron chi connectivity index (χ1n) is 6.32. The third-order valence-corrected chi connectivity index (χ3v) is 3.26. The van der Waals surface area contributed by atoms with Crippen LogP contribution in [0.25, 0.3) is 0 Å². The number of ether oxygens (including phenoxy) is 1. The summed E-state index contributed by atoms with van der Waals surface area (Å²) >= 11 is 0. The Bertz CT molecular complexity index is 531. The summed E-state index contributed by atoms with van der Waals surface area (Å²) < 4.78 is 5.42. The number of nitro groups is 1. The third-order valence-electron chi connectivity index (χ3n) is 3.26. The van der Waals surface area contributed by atoms with E-state index in [1.54, 1.807) is 6.07 Å². The molecule has 1 aliphatic heterocycles. The summed E-state index contributed by atoms with van der Waals surface area (Å²) in [5.74, 6) is -1.27. The van der Waals surface area contributed by atoms with Gasteiger partial charge in [0.1, 0.15) is 5.56 Å². The molecular weight excluding hydrogens is 264 g/mol. The Morgan fingerprint density at radius 2 is 2.35 bits per heavy atom. The van der Waals surface area contributed by atoms with Crippen LogP contribution in [-0.2, 0) is 11.3 Å². The van der Waals surface area contributed by atoms with Crippen molar-refractivity contribution in [1.82, 2.24) is 4.90 Å². The van der Waals surface area contributed by atoms with Crippen molar-refractivity contribution in [2.24, 2.45) is 0 Å². The highest BCUT2D eigenvalue weighted by Gasteiger charge is 2.25. The highest BCUT2D eigenvalue weighted by atomic mass is 16.6. The van der Waals surface area contributed by atoms with Crippen LogP contribution in [0.15, 0.2) is 18.2 Å². The first-order valence-corrected chi connectivity index (χ1v) is 6.32. The van der Waals surface area contributed by atoms with Gasteiger partial charge in [0.05, 0.1) is 17.6 Å². The Morgan fingerprint density at radius 3 is 2.95 bits per heavy atom. The second-order valence-corrected chi connectivity index (χ2v) is 4.79. The Morgan fingerprint density at radius 1 is 1.60 bits per heavy atom. The molecule has 1 unspecified atom stereocenters. The summed E-state index contributed by atoms with van der Waals surface area (Å²) in [7, 11) is 0. The zero-order valence-corrected chi connectivity index (χ0v) is 11.1. The fourth-order valence-corrected chi connectivity index (χ4v) is 2.39. The molecule has 7 nitrogen and oxygen atoms in total. The topological polar surface area (TPSA) is 92.9 Å². The van der Waals surface area contributed by atoms with Crippen molar-refractivity contribution in [1.29, 1.82) is 0 Å². The number of nitro benzene ring substituents is 1. The van der Waals surface area contributed by atoms with Crippen LogP contribution in [0.1, 0.15) is 22.8 Å². The zero-order valence-electron chi connectivity index (χ0n) is 11.1. The van der Waals surface area contributed by atoms with Crippen LogP contribution in [0.5, 0.6) is 0 Å². The van der Waals surface area contributed by atoms with Gasteiger partial charge >= 0.3 is 5.97 Å². The van der Waals surface area contributed by atoms with Gasteiger partial charge in [0.25, 0.3) is 5.69 Å². The van der Waals surface area contributed by atoms with E-state index in [2.05, 4.69) is 0 Å². The first-order chi connectivity index (χ1) is 9.49. The van der Waals surface area contributed by atoms with Crippen LogP contribution in [0.3, 0.4) is 0 Å². The zero-order chi connectivity index (χ0) is 14.7. The molecule has 1 heterocycles. The number of benzene rings is 1. The van der Waals surface area contributed by atoms with Gasteiger partial charge in [0.15, 0.2) is 0 Å². The molecule has 1 fully saturated rings. The molecular formula is C13H16N2O5. The number of carboxylic acids is 1. The standard InChI is InChI=1S/C13H16N2O5/c1-9-7-14(5-6-20-9)8-10-3-2-4-11(15(18)19)12(10)13(16)17/h2-4,9H,5-8H2,1H3,(H,16,17). The van der Waals surface area contributed by atoms with Crippen molar-refractivity contribution < 1.29 is 19.6 Å². The summed E-state index contributed by atoms with van der Waals surface area (Å²) in [4.78, 5) is 23.6. The lowest BCUT2D eigenvalue weighted by Crippen LogP contribution is -2.40. The summed E-state index contributed by atoms with van der Waals surface area (Å²) in [6.07, 6.45) is 0.0794. The van der Waals surface area contributed by atoms with Crippen LogP contribution >= 0.6 is 0 Å². The van der Waals surface area contributed by atoms with Crippen LogP contribution < -0.4 is 0 Å². The van der Waals surface area contributed by atoms with E-state index in [-0.39, 0.29) is 17.4 Å². The second-order valence-electron chi connectivity index (χ2n) is 4.79. The molecule has 0 radical (unpaired) electrons. The molecule has 1 atom stereocenters. The number of nitrogens with zero attached hydrogens (tertiary/aromatic N) is 2. The fourth-order valence-electron chi connectivity index (χ4n) is 2.39. The normalized spacial score (nSPS) is 19.8. The first kappa shape index (κ1) is 14.4. The minimum atomic E-state index is -1.27. The molecule has 0 aromatic heterocycles. The maximum atomic E-state index is 11.3. The van der Waals surface area contributed by atoms with E-state index in [4.69, 9.17) is 4.74 Å². The smallest absolute Gasteiger partial charge is 0.343 e. The van der Waals surface area contributed by atoms with E-state index < -0.39 is 10.9 Å². The average molecular weight is 280 g/mol. The van der Waals surface area contributed by atoms with Gasteiger partial charge in [-0.05, 0) is 12.5 Å². The van der Waals surface area contributed by atoms with Gasteiger partial charge in [-0.25, -0.2) is 4.79 Å². The van der Waals surface area contributed by atoms with E-state index in [9.17, 15) is 20.0 Å². The summed E-state index contributed by atoms with van der Waals surface area (Å²) in [6, 6.07) is 4.36. The average Bonchev–Trinajstić information content (AvgIpc) is 2.38. The molecule has 0 aliphatic carbocycles. The number of hydrogen-bond donors (Lipinski definition) is 1. The van der Waals surface area contributed by atoms with Crippen LogP contribution in [0.4, 0.5) is 5.69 Å². The van der Waals surface area contributed by atoms with Gasteiger partial charge in [0, 0.05) is 25.7 Å². The largest absolute Gasteiger partial charge is 0.477 e. The van der Waals surface area contributed by atoms with Crippen molar-refractivity contribution >= 4 is 11.7 Å². The van der Waals surface area contributed by atoms with Crippen LogP contribution in [-0.4, -0.2) is 46.7 Å². The Labute approximate surface area is 115 Å². The SMILES string of the molecule is CC1CN(Cc2cccc([N+](=O)[O-])c2C(=O)O)CCO1.